The predicted octanol–water partition coefficient (Wildman–Crippen LogP) is 2.41. The topological polar surface area (TPSA) is 196 Å². The number of nitrogens with zero attached hydrogens (tertiary/aromatic N) is 2. The summed E-state index contributed by atoms with van der Waals surface area (Å²) in [6, 6.07) is 16.0. The summed E-state index contributed by atoms with van der Waals surface area (Å²) in [5, 5.41) is 24.9. The lowest BCUT2D eigenvalue weighted by atomic mass is 10.0. The lowest BCUT2D eigenvalue weighted by Crippen LogP contribution is -2.64. The second kappa shape index (κ2) is 14.8. The monoisotopic (exact) mass is 645 g/mol. The van der Waals surface area contributed by atoms with Crippen LogP contribution < -0.4 is 16.8 Å². The third-order valence-electron chi connectivity index (χ3n) is 8.45. The highest BCUT2D eigenvalue weighted by Crippen LogP contribution is 2.27. The number of carboxylic acid groups (broad SMARTS) is 1. The van der Waals surface area contributed by atoms with Gasteiger partial charge in [0.25, 0.3) is 5.91 Å². The standard InChI is InChI=1S/C35H43N5O7/c1-35(2,3)39-17-7-10-27(39)31(43)38-30(28(41)16-11-21-8-5-4-6-9-21)40(33(45)26(36)20-29(37)42)32(44)24-14-12-23-19-25(34(46)47)15-13-22(23)18-24/h4-6,8-9,12-15,18-19,26-28,30,41H,7,10-11,16-17,20,36H2,1-3H3,(H2,37,42)(H,38,43)(H,46,47)/t26-,27-,28?,30?/m0/s1. The van der Waals surface area contributed by atoms with Crippen LogP contribution in [-0.2, 0) is 20.8 Å². The molecule has 1 saturated heterocycles. The maximum Gasteiger partial charge on any atom is 0.335 e. The molecule has 3 aromatic carbocycles. The minimum absolute atomic E-state index is 0.0203. The normalized spacial score (nSPS) is 17.1. The van der Waals surface area contributed by atoms with Crippen molar-refractivity contribution in [2.75, 3.05) is 6.54 Å². The van der Waals surface area contributed by atoms with Crippen LogP contribution in [0.25, 0.3) is 10.8 Å². The zero-order valence-electron chi connectivity index (χ0n) is 26.9. The molecule has 4 amide bonds. The van der Waals surface area contributed by atoms with Gasteiger partial charge in [-0.15, -0.1) is 0 Å². The molecule has 3 aromatic rings. The van der Waals surface area contributed by atoms with E-state index in [2.05, 4.69) is 5.32 Å². The molecule has 0 saturated carbocycles. The Hall–Kier alpha value is -4.65. The number of imide groups is 1. The first-order chi connectivity index (χ1) is 22.2. The fourth-order valence-corrected chi connectivity index (χ4v) is 6.03. The van der Waals surface area contributed by atoms with Crippen LogP contribution in [0.5, 0.6) is 0 Å². The number of aliphatic hydroxyl groups is 1. The van der Waals surface area contributed by atoms with E-state index in [0.717, 1.165) is 16.9 Å². The van der Waals surface area contributed by atoms with Crippen molar-refractivity contribution in [1.29, 1.82) is 0 Å². The van der Waals surface area contributed by atoms with E-state index in [9.17, 15) is 34.2 Å². The molecule has 0 aliphatic carbocycles. The lowest BCUT2D eigenvalue weighted by Gasteiger charge is -2.39. The van der Waals surface area contributed by atoms with Gasteiger partial charge in [0.05, 0.1) is 30.2 Å². The quantitative estimate of drug-likeness (QED) is 0.184. The zero-order valence-corrected chi connectivity index (χ0v) is 26.9. The third-order valence-corrected chi connectivity index (χ3v) is 8.45. The minimum Gasteiger partial charge on any atom is -0.478 e. The molecule has 1 fully saturated rings. The van der Waals surface area contributed by atoms with Gasteiger partial charge < -0.3 is 27.0 Å². The predicted molar refractivity (Wildman–Crippen MR) is 176 cm³/mol. The van der Waals surface area contributed by atoms with Gasteiger partial charge in [0, 0.05) is 11.1 Å². The van der Waals surface area contributed by atoms with Gasteiger partial charge in [-0.3, -0.25) is 29.0 Å². The Labute approximate surface area is 273 Å². The van der Waals surface area contributed by atoms with E-state index in [1.165, 1.54) is 30.3 Å². The van der Waals surface area contributed by atoms with Crippen molar-refractivity contribution in [2.24, 2.45) is 11.5 Å². The lowest BCUT2D eigenvalue weighted by molar-refractivity contribution is -0.140. The van der Waals surface area contributed by atoms with Crippen molar-refractivity contribution in [1.82, 2.24) is 15.1 Å². The molecule has 7 N–H and O–H groups in total. The number of hydrogen-bond donors (Lipinski definition) is 5. The summed E-state index contributed by atoms with van der Waals surface area (Å²) in [6.45, 7) is 6.65. The average Bonchev–Trinajstić information content (AvgIpc) is 3.54. The SMILES string of the molecule is CC(C)(C)N1CCC[C@H]1C(=O)NC(C(O)CCc1ccccc1)N(C(=O)c1ccc2cc(C(=O)O)ccc2c1)C(=O)[C@@H](N)CC(N)=O. The number of likely N-dealkylation sites (tertiary alicyclic amines) is 1. The van der Waals surface area contributed by atoms with E-state index in [1.807, 2.05) is 56.0 Å². The molecule has 4 rings (SSSR count). The Morgan fingerprint density at radius 3 is 2.19 bits per heavy atom. The van der Waals surface area contributed by atoms with Gasteiger partial charge in [0.1, 0.15) is 6.17 Å². The molecule has 1 aliphatic rings. The maximum absolute atomic E-state index is 14.3. The molecule has 1 aliphatic heterocycles. The minimum atomic E-state index is -1.54. The van der Waals surface area contributed by atoms with Crippen LogP contribution in [0.1, 0.15) is 72.7 Å². The smallest absolute Gasteiger partial charge is 0.335 e. The molecule has 0 spiro atoms. The van der Waals surface area contributed by atoms with Gasteiger partial charge in [-0.1, -0.05) is 42.5 Å². The first-order valence-corrected chi connectivity index (χ1v) is 15.6. The van der Waals surface area contributed by atoms with Gasteiger partial charge in [-0.25, -0.2) is 4.79 Å². The van der Waals surface area contributed by atoms with Crippen molar-refractivity contribution in [3.8, 4) is 0 Å². The van der Waals surface area contributed by atoms with E-state index in [-0.39, 0.29) is 23.1 Å². The number of carbonyl (C=O) groups is 5. The number of nitrogens with one attached hydrogen (secondary N) is 1. The summed E-state index contributed by atoms with van der Waals surface area (Å²) in [5.41, 5.74) is 12.1. The molecule has 1 heterocycles. The molecule has 0 bridgehead atoms. The number of nitrogens with two attached hydrogens (primary N) is 2. The molecule has 12 nitrogen and oxygen atoms in total. The first kappa shape index (κ1) is 35.2. The summed E-state index contributed by atoms with van der Waals surface area (Å²) in [6.07, 6.45) is -1.78. The Morgan fingerprint density at radius 1 is 0.979 bits per heavy atom. The van der Waals surface area contributed by atoms with Crippen LogP contribution in [0.4, 0.5) is 0 Å². The van der Waals surface area contributed by atoms with E-state index in [0.29, 0.717) is 30.2 Å². The summed E-state index contributed by atoms with van der Waals surface area (Å²) < 4.78 is 0. The van der Waals surface area contributed by atoms with Crippen LogP contribution in [-0.4, -0.2) is 86.0 Å². The largest absolute Gasteiger partial charge is 0.478 e. The zero-order chi connectivity index (χ0) is 34.5. The molecule has 2 unspecified atom stereocenters. The van der Waals surface area contributed by atoms with Gasteiger partial charge in [0.15, 0.2) is 0 Å². The summed E-state index contributed by atoms with van der Waals surface area (Å²) in [5.74, 6) is -4.31. The van der Waals surface area contributed by atoms with E-state index >= 15 is 0 Å². The number of rotatable bonds is 12. The van der Waals surface area contributed by atoms with Gasteiger partial charge >= 0.3 is 5.97 Å². The molecule has 250 valence electrons. The van der Waals surface area contributed by atoms with E-state index < -0.39 is 60.4 Å². The number of aryl methyl sites for hydroxylation is 1. The number of carbonyl (C=O) groups excluding carboxylic acids is 4. The number of aromatic carboxylic acids is 1. The van der Waals surface area contributed by atoms with Crippen molar-refractivity contribution in [3.05, 3.63) is 83.4 Å². The van der Waals surface area contributed by atoms with Crippen molar-refractivity contribution in [2.45, 2.75) is 82.8 Å². The number of fused-ring (bicyclic) bond motifs is 1. The number of benzene rings is 3. The van der Waals surface area contributed by atoms with Crippen LogP contribution in [0.15, 0.2) is 66.7 Å². The second-order valence-electron chi connectivity index (χ2n) is 12.9. The molecular weight excluding hydrogens is 602 g/mol. The van der Waals surface area contributed by atoms with Crippen LogP contribution in [0.2, 0.25) is 0 Å². The van der Waals surface area contributed by atoms with Crippen molar-refractivity contribution in [3.63, 3.8) is 0 Å². The summed E-state index contributed by atoms with van der Waals surface area (Å²) >= 11 is 0. The van der Waals surface area contributed by atoms with E-state index in [1.54, 1.807) is 6.07 Å². The van der Waals surface area contributed by atoms with Gasteiger partial charge in [0.2, 0.25) is 17.7 Å². The highest BCUT2D eigenvalue weighted by molar-refractivity contribution is 6.09. The third kappa shape index (κ3) is 8.59. The van der Waals surface area contributed by atoms with Crippen molar-refractivity contribution < 1.29 is 34.2 Å². The molecular formula is C35H43N5O7. The highest BCUT2D eigenvalue weighted by atomic mass is 16.4. The van der Waals surface area contributed by atoms with Gasteiger partial charge in [-0.2, -0.15) is 0 Å². The number of aliphatic hydroxyl groups excluding tert-OH is 1. The highest BCUT2D eigenvalue weighted by Gasteiger charge is 2.42. The number of carboxylic acids is 1. The summed E-state index contributed by atoms with van der Waals surface area (Å²) in [4.78, 5) is 68.2. The Morgan fingerprint density at radius 2 is 1.60 bits per heavy atom. The number of amides is 4. The first-order valence-electron chi connectivity index (χ1n) is 15.6. The van der Waals surface area contributed by atoms with Gasteiger partial charge in [-0.05, 0) is 93.6 Å². The van der Waals surface area contributed by atoms with Crippen LogP contribution in [0.3, 0.4) is 0 Å². The fraction of sp³-hybridized carbons (Fsp3) is 0.400. The molecule has 0 aromatic heterocycles. The summed E-state index contributed by atoms with van der Waals surface area (Å²) in [7, 11) is 0. The van der Waals surface area contributed by atoms with Crippen LogP contribution in [0, 0.1) is 0 Å². The van der Waals surface area contributed by atoms with E-state index in [4.69, 9.17) is 11.5 Å². The number of hydrogen-bond acceptors (Lipinski definition) is 8. The molecule has 0 radical (unpaired) electrons. The molecule has 12 heteroatoms. The van der Waals surface area contributed by atoms with Crippen molar-refractivity contribution >= 4 is 40.4 Å². The fourth-order valence-electron chi connectivity index (χ4n) is 6.03. The number of primary amides is 1. The average molecular weight is 646 g/mol. The molecule has 47 heavy (non-hydrogen) atoms. The molecule has 4 atom stereocenters. The second-order valence-corrected chi connectivity index (χ2v) is 12.9. The maximum atomic E-state index is 14.3. The van der Waals surface area contributed by atoms with Crippen LogP contribution >= 0.6 is 0 Å². The Balaban J connectivity index is 1.76. The Bertz CT molecular complexity index is 1640. The Kier molecular flexibility index (Phi) is 11.1.